The zero-order valence-corrected chi connectivity index (χ0v) is 14.7. The van der Waals surface area contributed by atoms with Gasteiger partial charge in [-0.05, 0) is 50.0 Å². The van der Waals surface area contributed by atoms with Gasteiger partial charge in [-0.15, -0.1) is 0 Å². The standard InChI is InChI=1S/C18H27NO3S/c1-15-12-16(9-11-22-15)14-23(20,21)19-10-5-8-18(13-19)17-6-3-2-4-7-17/h2-4,6-7,15-16,18H,5,8-14H2,1H3. The monoisotopic (exact) mass is 337 g/mol. The molecule has 0 amide bonds. The smallest absolute Gasteiger partial charge is 0.214 e. The molecule has 0 radical (unpaired) electrons. The van der Waals surface area contributed by atoms with Gasteiger partial charge in [0.2, 0.25) is 10.0 Å². The van der Waals surface area contributed by atoms with Crippen molar-refractivity contribution in [2.45, 2.75) is 44.6 Å². The van der Waals surface area contributed by atoms with Gasteiger partial charge in [-0.2, -0.15) is 0 Å². The average molecular weight is 337 g/mol. The van der Waals surface area contributed by atoms with Crippen molar-refractivity contribution in [1.29, 1.82) is 0 Å². The third-order valence-corrected chi connectivity index (χ3v) is 7.10. The van der Waals surface area contributed by atoms with Gasteiger partial charge in [-0.1, -0.05) is 30.3 Å². The first-order valence-corrected chi connectivity index (χ1v) is 10.3. The van der Waals surface area contributed by atoms with Crippen molar-refractivity contribution < 1.29 is 13.2 Å². The number of rotatable bonds is 4. The molecule has 2 fully saturated rings. The van der Waals surface area contributed by atoms with Crippen LogP contribution in [-0.4, -0.2) is 44.3 Å². The molecule has 0 saturated carbocycles. The largest absolute Gasteiger partial charge is 0.378 e. The topological polar surface area (TPSA) is 46.6 Å². The Morgan fingerprint density at radius 1 is 1.22 bits per heavy atom. The average Bonchev–Trinajstić information content (AvgIpc) is 2.55. The summed E-state index contributed by atoms with van der Waals surface area (Å²) in [5.74, 6) is 0.844. The summed E-state index contributed by atoms with van der Waals surface area (Å²) in [5.41, 5.74) is 1.26. The van der Waals surface area contributed by atoms with Gasteiger partial charge in [0.25, 0.3) is 0 Å². The fourth-order valence-corrected chi connectivity index (χ4v) is 5.76. The van der Waals surface area contributed by atoms with E-state index in [0.29, 0.717) is 25.6 Å². The van der Waals surface area contributed by atoms with Crippen molar-refractivity contribution in [3.63, 3.8) is 0 Å². The zero-order chi connectivity index (χ0) is 16.3. The van der Waals surface area contributed by atoms with Gasteiger partial charge in [-0.3, -0.25) is 0 Å². The molecule has 0 bridgehead atoms. The van der Waals surface area contributed by atoms with Crippen LogP contribution in [0.3, 0.4) is 0 Å². The number of hydrogen-bond donors (Lipinski definition) is 0. The molecule has 4 nitrogen and oxygen atoms in total. The van der Waals surface area contributed by atoms with Gasteiger partial charge < -0.3 is 4.74 Å². The van der Waals surface area contributed by atoms with Gasteiger partial charge in [0.15, 0.2) is 0 Å². The van der Waals surface area contributed by atoms with Crippen LogP contribution in [0.5, 0.6) is 0 Å². The van der Waals surface area contributed by atoms with E-state index in [1.807, 2.05) is 25.1 Å². The van der Waals surface area contributed by atoms with Crippen molar-refractivity contribution in [3.05, 3.63) is 35.9 Å². The highest BCUT2D eigenvalue weighted by molar-refractivity contribution is 7.89. The Balaban J connectivity index is 1.65. The third kappa shape index (κ3) is 4.34. The molecule has 2 saturated heterocycles. The predicted octanol–water partition coefficient (Wildman–Crippen LogP) is 3.01. The molecule has 1 aromatic rings. The summed E-state index contributed by atoms with van der Waals surface area (Å²) >= 11 is 0. The molecule has 0 aromatic heterocycles. The highest BCUT2D eigenvalue weighted by Gasteiger charge is 2.32. The molecule has 0 spiro atoms. The molecule has 2 aliphatic heterocycles. The molecule has 1 aromatic carbocycles. The summed E-state index contributed by atoms with van der Waals surface area (Å²) in [6.45, 7) is 4.02. The predicted molar refractivity (Wildman–Crippen MR) is 91.9 cm³/mol. The lowest BCUT2D eigenvalue weighted by molar-refractivity contribution is 0.00729. The second-order valence-corrected chi connectivity index (χ2v) is 8.97. The fourth-order valence-electron chi connectivity index (χ4n) is 3.84. The lowest BCUT2D eigenvalue weighted by Crippen LogP contribution is -2.42. The second kappa shape index (κ2) is 7.32. The second-order valence-electron chi connectivity index (χ2n) is 6.96. The third-order valence-electron chi connectivity index (χ3n) is 5.09. The Bertz CT molecular complexity index is 602. The van der Waals surface area contributed by atoms with Gasteiger partial charge in [0, 0.05) is 19.7 Å². The molecule has 2 aliphatic rings. The van der Waals surface area contributed by atoms with Gasteiger partial charge >= 0.3 is 0 Å². The van der Waals surface area contributed by atoms with Gasteiger partial charge in [0.1, 0.15) is 0 Å². The van der Waals surface area contributed by atoms with Crippen molar-refractivity contribution in [3.8, 4) is 0 Å². The van der Waals surface area contributed by atoms with Gasteiger partial charge in [0.05, 0.1) is 11.9 Å². The van der Waals surface area contributed by atoms with E-state index in [1.165, 1.54) is 5.56 Å². The molecule has 5 heteroatoms. The number of piperidine rings is 1. The Labute approximate surface area is 139 Å². The Morgan fingerprint density at radius 3 is 2.74 bits per heavy atom. The highest BCUT2D eigenvalue weighted by Crippen LogP contribution is 2.30. The summed E-state index contributed by atoms with van der Waals surface area (Å²) in [6.07, 6.45) is 3.92. The van der Waals surface area contributed by atoms with E-state index in [0.717, 1.165) is 25.7 Å². The van der Waals surface area contributed by atoms with Crippen LogP contribution < -0.4 is 0 Å². The van der Waals surface area contributed by atoms with Crippen LogP contribution in [0.4, 0.5) is 0 Å². The molecule has 0 aliphatic carbocycles. The zero-order valence-electron chi connectivity index (χ0n) is 13.9. The van der Waals surface area contributed by atoms with E-state index in [1.54, 1.807) is 4.31 Å². The maximum absolute atomic E-state index is 12.8. The lowest BCUT2D eigenvalue weighted by Gasteiger charge is -2.34. The molecule has 23 heavy (non-hydrogen) atoms. The van der Waals surface area contributed by atoms with Crippen LogP contribution in [0.15, 0.2) is 30.3 Å². The van der Waals surface area contributed by atoms with Crippen LogP contribution in [0, 0.1) is 5.92 Å². The van der Waals surface area contributed by atoms with E-state index in [-0.39, 0.29) is 17.8 Å². The molecule has 3 unspecified atom stereocenters. The van der Waals surface area contributed by atoms with Crippen LogP contribution in [0.1, 0.15) is 44.1 Å². The first kappa shape index (κ1) is 16.9. The molecular weight excluding hydrogens is 310 g/mol. The molecule has 3 atom stereocenters. The number of hydrogen-bond acceptors (Lipinski definition) is 3. The fraction of sp³-hybridized carbons (Fsp3) is 0.667. The maximum Gasteiger partial charge on any atom is 0.214 e. The molecule has 2 heterocycles. The van der Waals surface area contributed by atoms with E-state index < -0.39 is 10.0 Å². The molecule has 128 valence electrons. The van der Waals surface area contributed by atoms with Crippen LogP contribution in [0.2, 0.25) is 0 Å². The summed E-state index contributed by atoms with van der Waals surface area (Å²) in [6, 6.07) is 10.3. The Morgan fingerprint density at radius 2 is 2.00 bits per heavy atom. The van der Waals surface area contributed by atoms with Crippen LogP contribution in [0.25, 0.3) is 0 Å². The summed E-state index contributed by atoms with van der Waals surface area (Å²) in [5, 5.41) is 0. The van der Waals surface area contributed by atoms with E-state index >= 15 is 0 Å². The van der Waals surface area contributed by atoms with Crippen LogP contribution >= 0.6 is 0 Å². The maximum atomic E-state index is 12.8. The molecule has 3 rings (SSSR count). The van der Waals surface area contributed by atoms with Crippen molar-refractivity contribution >= 4 is 10.0 Å². The minimum Gasteiger partial charge on any atom is -0.378 e. The Hall–Kier alpha value is -0.910. The number of benzene rings is 1. The number of nitrogens with zero attached hydrogens (tertiary/aromatic N) is 1. The van der Waals surface area contributed by atoms with E-state index in [2.05, 4.69) is 12.1 Å². The van der Waals surface area contributed by atoms with Gasteiger partial charge in [-0.25, -0.2) is 12.7 Å². The summed E-state index contributed by atoms with van der Waals surface area (Å²) in [4.78, 5) is 0. The summed E-state index contributed by atoms with van der Waals surface area (Å²) in [7, 11) is -3.17. The first-order valence-electron chi connectivity index (χ1n) is 8.69. The van der Waals surface area contributed by atoms with E-state index in [4.69, 9.17) is 4.74 Å². The van der Waals surface area contributed by atoms with Crippen LogP contribution in [-0.2, 0) is 14.8 Å². The quantitative estimate of drug-likeness (QED) is 0.848. The van der Waals surface area contributed by atoms with E-state index in [9.17, 15) is 8.42 Å². The first-order chi connectivity index (χ1) is 11.0. The highest BCUT2D eigenvalue weighted by atomic mass is 32.2. The van der Waals surface area contributed by atoms with Crippen molar-refractivity contribution in [2.75, 3.05) is 25.4 Å². The van der Waals surface area contributed by atoms with Crippen molar-refractivity contribution in [1.82, 2.24) is 4.31 Å². The SMILES string of the molecule is CC1CC(CS(=O)(=O)N2CCCC(c3ccccc3)C2)CCO1. The lowest BCUT2D eigenvalue weighted by atomic mass is 9.92. The summed E-state index contributed by atoms with van der Waals surface area (Å²) < 4.78 is 32.9. The molecular formula is C18H27NO3S. The minimum absolute atomic E-state index is 0.183. The Kier molecular flexibility index (Phi) is 5.39. The number of ether oxygens (including phenoxy) is 1. The number of sulfonamides is 1. The van der Waals surface area contributed by atoms with Crippen molar-refractivity contribution in [2.24, 2.45) is 5.92 Å². The normalized spacial score (nSPS) is 30.2. The molecule has 0 N–H and O–H groups in total. The minimum atomic E-state index is -3.17.